The standard InChI is InChI=1S/C27H37N3O5S/c1-36(33,34)29-23-9-13-25(14-10-23)35-24-11-7-22(8-12-24)20-30-17-15-27(32,16-18-30)26(31)28-19-21-5-3-2-4-6-21/h7-14,21,29,32H,2-6,15-20H2,1H3,(H,28,31). The molecule has 2 aromatic rings. The summed E-state index contributed by atoms with van der Waals surface area (Å²) in [7, 11) is -3.31. The van der Waals surface area contributed by atoms with E-state index in [0.717, 1.165) is 18.4 Å². The lowest BCUT2D eigenvalue weighted by Crippen LogP contribution is -2.54. The van der Waals surface area contributed by atoms with Gasteiger partial charge in [-0.15, -0.1) is 0 Å². The third-order valence-corrected chi connectivity index (χ3v) is 7.71. The number of nitrogens with one attached hydrogen (secondary N) is 2. The van der Waals surface area contributed by atoms with Gasteiger partial charge in [-0.3, -0.25) is 14.4 Å². The molecule has 3 N–H and O–H groups in total. The Morgan fingerprint density at radius 2 is 1.58 bits per heavy atom. The topological polar surface area (TPSA) is 108 Å². The van der Waals surface area contributed by atoms with Crippen molar-refractivity contribution in [3.8, 4) is 11.5 Å². The second-order valence-corrected chi connectivity index (χ2v) is 11.9. The van der Waals surface area contributed by atoms with Gasteiger partial charge in [-0.25, -0.2) is 8.42 Å². The van der Waals surface area contributed by atoms with Crippen molar-refractivity contribution in [2.75, 3.05) is 30.6 Å². The maximum Gasteiger partial charge on any atom is 0.252 e. The summed E-state index contributed by atoms with van der Waals surface area (Å²) in [5, 5.41) is 13.9. The highest BCUT2D eigenvalue weighted by atomic mass is 32.2. The minimum atomic E-state index is -3.31. The highest BCUT2D eigenvalue weighted by Gasteiger charge is 2.39. The highest BCUT2D eigenvalue weighted by Crippen LogP contribution is 2.27. The van der Waals surface area contributed by atoms with Crippen LogP contribution in [0.2, 0.25) is 0 Å². The zero-order valence-corrected chi connectivity index (χ0v) is 21.7. The Morgan fingerprint density at radius 3 is 2.17 bits per heavy atom. The summed E-state index contributed by atoms with van der Waals surface area (Å²) >= 11 is 0. The van der Waals surface area contributed by atoms with Crippen LogP contribution in [-0.4, -0.2) is 55.8 Å². The Balaban J connectivity index is 1.22. The van der Waals surface area contributed by atoms with Crippen LogP contribution in [0.5, 0.6) is 11.5 Å². The molecule has 0 radical (unpaired) electrons. The smallest absolute Gasteiger partial charge is 0.252 e. The summed E-state index contributed by atoms with van der Waals surface area (Å²) in [5.41, 5.74) is 0.340. The van der Waals surface area contributed by atoms with Crippen LogP contribution in [0.1, 0.15) is 50.5 Å². The molecule has 1 saturated heterocycles. The van der Waals surface area contributed by atoms with E-state index in [1.165, 1.54) is 32.1 Å². The number of ether oxygens (including phenoxy) is 1. The van der Waals surface area contributed by atoms with Gasteiger partial charge >= 0.3 is 0 Å². The van der Waals surface area contributed by atoms with E-state index in [0.29, 0.717) is 55.6 Å². The van der Waals surface area contributed by atoms with Gasteiger partial charge in [-0.1, -0.05) is 31.4 Å². The first-order valence-electron chi connectivity index (χ1n) is 12.8. The molecule has 9 heteroatoms. The van der Waals surface area contributed by atoms with Crippen molar-refractivity contribution >= 4 is 21.6 Å². The van der Waals surface area contributed by atoms with Gasteiger partial charge in [0, 0.05) is 31.9 Å². The summed E-state index contributed by atoms with van der Waals surface area (Å²) in [6, 6.07) is 14.5. The molecule has 1 aliphatic carbocycles. The van der Waals surface area contributed by atoms with Crippen molar-refractivity contribution in [3.05, 3.63) is 54.1 Å². The van der Waals surface area contributed by atoms with E-state index in [4.69, 9.17) is 4.74 Å². The Kier molecular flexibility index (Phi) is 8.54. The van der Waals surface area contributed by atoms with Crippen molar-refractivity contribution < 1.29 is 23.1 Å². The molecule has 8 nitrogen and oxygen atoms in total. The van der Waals surface area contributed by atoms with Crippen LogP contribution >= 0.6 is 0 Å². The van der Waals surface area contributed by atoms with Gasteiger partial charge in [0.1, 0.15) is 17.1 Å². The van der Waals surface area contributed by atoms with Crippen LogP contribution < -0.4 is 14.8 Å². The van der Waals surface area contributed by atoms with Crippen molar-refractivity contribution in [1.82, 2.24) is 10.2 Å². The number of amides is 1. The summed E-state index contributed by atoms with van der Waals surface area (Å²) in [6.45, 7) is 2.76. The van der Waals surface area contributed by atoms with Gasteiger partial charge in [0.05, 0.1) is 6.26 Å². The maximum atomic E-state index is 12.7. The van der Waals surface area contributed by atoms with E-state index < -0.39 is 15.6 Å². The van der Waals surface area contributed by atoms with Crippen LogP contribution in [0.15, 0.2) is 48.5 Å². The van der Waals surface area contributed by atoms with Crippen molar-refractivity contribution in [2.45, 2.75) is 57.1 Å². The quantitative estimate of drug-likeness (QED) is 0.468. The zero-order valence-electron chi connectivity index (χ0n) is 20.9. The van der Waals surface area contributed by atoms with E-state index in [1.54, 1.807) is 24.3 Å². The number of nitrogens with zero attached hydrogens (tertiary/aromatic N) is 1. The summed E-state index contributed by atoms with van der Waals surface area (Å²) in [5.74, 6) is 1.63. The van der Waals surface area contributed by atoms with E-state index in [-0.39, 0.29) is 5.91 Å². The summed E-state index contributed by atoms with van der Waals surface area (Å²) < 4.78 is 30.9. The molecule has 196 valence electrons. The molecule has 2 aromatic carbocycles. The fourth-order valence-corrected chi connectivity index (χ4v) is 5.53. The SMILES string of the molecule is CS(=O)(=O)Nc1ccc(Oc2ccc(CN3CCC(O)(C(=O)NCC4CCCCC4)CC3)cc2)cc1. The molecule has 1 heterocycles. The number of piperidine rings is 1. The predicted octanol–water partition coefficient (Wildman–Crippen LogP) is 3.87. The molecular weight excluding hydrogens is 478 g/mol. The molecular formula is C27H37N3O5S. The number of sulfonamides is 1. The number of anilines is 1. The van der Waals surface area contributed by atoms with E-state index in [1.807, 2.05) is 24.3 Å². The third-order valence-electron chi connectivity index (χ3n) is 7.10. The lowest BCUT2D eigenvalue weighted by atomic mass is 9.87. The number of hydrogen-bond donors (Lipinski definition) is 3. The fourth-order valence-electron chi connectivity index (χ4n) is 4.96. The van der Waals surface area contributed by atoms with Crippen LogP contribution in [0, 0.1) is 5.92 Å². The van der Waals surface area contributed by atoms with Gasteiger partial charge in [-0.05, 0) is 73.6 Å². The molecule has 1 aliphatic heterocycles. The molecule has 1 saturated carbocycles. The Hall–Kier alpha value is -2.62. The van der Waals surface area contributed by atoms with Gasteiger partial charge in [0.15, 0.2) is 0 Å². The second-order valence-electron chi connectivity index (χ2n) is 10.2. The number of benzene rings is 2. The largest absolute Gasteiger partial charge is 0.457 e. The lowest BCUT2D eigenvalue weighted by Gasteiger charge is -2.37. The normalized spacial score (nSPS) is 18.9. The van der Waals surface area contributed by atoms with Crippen LogP contribution in [0.4, 0.5) is 5.69 Å². The minimum absolute atomic E-state index is 0.214. The molecule has 0 atom stereocenters. The summed E-state index contributed by atoms with van der Waals surface area (Å²) in [6.07, 6.45) is 8.11. The number of carbonyl (C=O) groups excluding carboxylic acids is 1. The van der Waals surface area contributed by atoms with Gasteiger partial charge in [0.25, 0.3) is 5.91 Å². The zero-order chi connectivity index (χ0) is 25.6. The van der Waals surface area contributed by atoms with Crippen LogP contribution in [-0.2, 0) is 21.4 Å². The number of likely N-dealkylation sites (tertiary alicyclic amines) is 1. The molecule has 2 fully saturated rings. The predicted molar refractivity (Wildman–Crippen MR) is 140 cm³/mol. The average Bonchev–Trinajstić information content (AvgIpc) is 2.86. The van der Waals surface area contributed by atoms with Crippen LogP contribution in [0.25, 0.3) is 0 Å². The van der Waals surface area contributed by atoms with Crippen molar-refractivity contribution in [1.29, 1.82) is 0 Å². The van der Waals surface area contributed by atoms with E-state index in [2.05, 4.69) is 14.9 Å². The minimum Gasteiger partial charge on any atom is -0.457 e. The molecule has 0 aromatic heterocycles. The van der Waals surface area contributed by atoms with E-state index in [9.17, 15) is 18.3 Å². The molecule has 1 amide bonds. The summed E-state index contributed by atoms with van der Waals surface area (Å²) in [4.78, 5) is 14.9. The first-order valence-corrected chi connectivity index (χ1v) is 14.7. The molecule has 0 bridgehead atoms. The molecule has 2 aliphatic rings. The van der Waals surface area contributed by atoms with Gasteiger partial charge in [0.2, 0.25) is 10.0 Å². The first-order chi connectivity index (χ1) is 17.2. The molecule has 4 rings (SSSR count). The number of rotatable bonds is 9. The van der Waals surface area contributed by atoms with Crippen molar-refractivity contribution in [2.24, 2.45) is 5.92 Å². The monoisotopic (exact) mass is 515 g/mol. The third kappa shape index (κ3) is 7.69. The van der Waals surface area contributed by atoms with E-state index >= 15 is 0 Å². The maximum absolute atomic E-state index is 12.7. The molecule has 0 spiro atoms. The van der Waals surface area contributed by atoms with Crippen LogP contribution in [0.3, 0.4) is 0 Å². The molecule has 36 heavy (non-hydrogen) atoms. The highest BCUT2D eigenvalue weighted by molar-refractivity contribution is 7.92. The number of carbonyl (C=O) groups is 1. The average molecular weight is 516 g/mol. The number of hydrogen-bond acceptors (Lipinski definition) is 6. The molecule has 0 unspecified atom stereocenters. The fraction of sp³-hybridized carbons (Fsp3) is 0.519. The van der Waals surface area contributed by atoms with Crippen molar-refractivity contribution in [3.63, 3.8) is 0 Å². The lowest BCUT2D eigenvalue weighted by molar-refractivity contribution is -0.145. The second kappa shape index (κ2) is 11.6. The first kappa shape index (κ1) is 26.4. The Labute approximate surface area is 214 Å². The van der Waals surface area contributed by atoms with Gasteiger partial charge < -0.3 is 15.2 Å². The Morgan fingerprint density at radius 1 is 1.00 bits per heavy atom. The Bertz CT molecular complexity index is 1110. The number of aliphatic hydroxyl groups is 1. The van der Waals surface area contributed by atoms with Gasteiger partial charge in [-0.2, -0.15) is 0 Å².